The molecule has 1 N–H and O–H groups in total. The lowest BCUT2D eigenvalue weighted by Gasteiger charge is -2.12. The summed E-state index contributed by atoms with van der Waals surface area (Å²) in [6.07, 6.45) is 0.243. The molecule has 1 aromatic carbocycles. The minimum absolute atomic E-state index is 0.130. The minimum atomic E-state index is -0.506. The number of carbonyl (C=O) groups is 2. The average molecular weight is 205 g/mol. The molecular formula is C12H15NO2. The predicted molar refractivity (Wildman–Crippen MR) is 58.3 cm³/mol. The highest BCUT2D eigenvalue weighted by atomic mass is 16.2. The number of ketones is 1. The van der Waals surface area contributed by atoms with Gasteiger partial charge in [-0.05, 0) is 12.5 Å². The Balaban J connectivity index is 2.60. The van der Waals surface area contributed by atoms with Crippen molar-refractivity contribution in [2.45, 2.75) is 26.3 Å². The fourth-order valence-corrected chi connectivity index (χ4v) is 1.26. The Morgan fingerprint density at radius 1 is 1.27 bits per heavy atom. The first-order valence-electron chi connectivity index (χ1n) is 5.03. The van der Waals surface area contributed by atoms with Crippen molar-refractivity contribution in [2.24, 2.45) is 0 Å². The fraction of sp³-hybridized carbons (Fsp3) is 0.333. The van der Waals surface area contributed by atoms with Gasteiger partial charge in [0, 0.05) is 6.42 Å². The topological polar surface area (TPSA) is 46.2 Å². The summed E-state index contributed by atoms with van der Waals surface area (Å²) in [5, 5.41) is 2.66. The van der Waals surface area contributed by atoms with Gasteiger partial charge >= 0.3 is 0 Å². The molecule has 1 rings (SSSR count). The number of hydrogen-bond acceptors (Lipinski definition) is 2. The van der Waals surface area contributed by atoms with Gasteiger partial charge in [0.2, 0.25) is 5.78 Å². The number of Topliss-reactive ketones (excluding diaryl/α,β-unsaturated/α-hetero) is 1. The van der Waals surface area contributed by atoms with E-state index in [4.69, 9.17) is 0 Å². The molecule has 0 saturated heterocycles. The van der Waals surface area contributed by atoms with Crippen LogP contribution in [0.15, 0.2) is 30.3 Å². The molecule has 15 heavy (non-hydrogen) atoms. The van der Waals surface area contributed by atoms with Crippen LogP contribution in [-0.2, 0) is 9.59 Å². The maximum Gasteiger partial charge on any atom is 0.287 e. The van der Waals surface area contributed by atoms with Gasteiger partial charge in [0.25, 0.3) is 5.91 Å². The first-order valence-corrected chi connectivity index (χ1v) is 5.03. The van der Waals surface area contributed by atoms with Crippen LogP contribution >= 0.6 is 0 Å². The van der Waals surface area contributed by atoms with Gasteiger partial charge in [0.05, 0.1) is 6.04 Å². The van der Waals surface area contributed by atoms with Crippen molar-refractivity contribution < 1.29 is 9.59 Å². The number of benzene rings is 1. The highest BCUT2D eigenvalue weighted by molar-refractivity contribution is 6.36. The van der Waals surface area contributed by atoms with Crippen LogP contribution in [0.2, 0.25) is 0 Å². The molecule has 3 heteroatoms. The Bertz CT molecular complexity index is 346. The van der Waals surface area contributed by atoms with E-state index in [1.165, 1.54) is 0 Å². The summed E-state index contributed by atoms with van der Waals surface area (Å²) in [4.78, 5) is 22.4. The highest BCUT2D eigenvalue weighted by Gasteiger charge is 2.14. The van der Waals surface area contributed by atoms with Gasteiger partial charge in [-0.15, -0.1) is 0 Å². The van der Waals surface area contributed by atoms with Gasteiger partial charge < -0.3 is 5.32 Å². The molecule has 1 unspecified atom stereocenters. The summed E-state index contributed by atoms with van der Waals surface area (Å²) in [6, 6.07) is 9.42. The van der Waals surface area contributed by atoms with Gasteiger partial charge in [-0.2, -0.15) is 0 Å². The SMILES string of the molecule is CCC(=O)C(=O)NC(C)c1ccccc1. The lowest BCUT2D eigenvalue weighted by molar-refractivity contribution is -0.138. The summed E-state index contributed by atoms with van der Waals surface area (Å²) in [7, 11) is 0. The Morgan fingerprint density at radius 2 is 1.87 bits per heavy atom. The average Bonchev–Trinajstić information content (AvgIpc) is 2.29. The molecule has 0 saturated carbocycles. The predicted octanol–water partition coefficient (Wildman–Crippen LogP) is 1.84. The zero-order valence-electron chi connectivity index (χ0n) is 8.99. The van der Waals surface area contributed by atoms with Crippen molar-refractivity contribution in [3.8, 4) is 0 Å². The normalized spacial score (nSPS) is 11.9. The zero-order valence-corrected chi connectivity index (χ0v) is 8.99. The molecule has 0 fully saturated rings. The third-order valence-corrected chi connectivity index (χ3v) is 2.22. The fourth-order valence-electron chi connectivity index (χ4n) is 1.26. The van der Waals surface area contributed by atoms with Gasteiger partial charge in [-0.1, -0.05) is 37.3 Å². The second-order valence-corrected chi connectivity index (χ2v) is 3.38. The molecule has 0 aliphatic rings. The third kappa shape index (κ3) is 3.20. The Kier molecular flexibility index (Phi) is 4.03. The van der Waals surface area contributed by atoms with E-state index in [1.54, 1.807) is 6.92 Å². The molecule has 3 nitrogen and oxygen atoms in total. The second-order valence-electron chi connectivity index (χ2n) is 3.38. The number of nitrogens with one attached hydrogen (secondary N) is 1. The van der Waals surface area contributed by atoms with Crippen LogP contribution in [0.1, 0.15) is 31.9 Å². The van der Waals surface area contributed by atoms with E-state index in [-0.39, 0.29) is 18.2 Å². The van der Waals surface area contributed by atoms with E-state index in [0.29, 0.717) is 0 Å². The van der Waals surface area contributed by atoms with E-state index in [9.17, 15) is 9.59 Å². The molecule has 1 aromatic rings. The van der Waals surface area contributed by atoms with Crippen LogP contribution in [0.5, 0.6) is 0 Å². The molecule has 0 aromatic heterocycles. The first-order chi connectivity index (χ1) is 7.15. The molecule has 0 aliphatic carbocycles. The van der Waals surface area contributed by atoms with E-state index in [2.05, 4.69) is 5.32 Å². The molecule has 0 bridgehead atoms. The Labute approximate surface area is 89.5 Å². The second kappa shape index (κ2) is 5.29. The molecule has 0 radical (unpaired) electrons. The summed E-state index contributed by atoms with van der Waals surface area (Å²) < 4.78 is 0. The van der Waals surface area contributed by atoms with Crippen LogP contribution in [0.25, 0.3) is 0 Å². The number of carbonyl (C=O) groups excluding carboxylic acids is 2. The van der Waals surface area contributed by atoms with Crippen LogP contribution < -0.4 is 5.32 Å². The standard InChI is InChI=1S/C12H15NO2/c1-3-11(14)12(15)13-9(2)10-7-5-4-6-8-10/h4-9H,3H2,1-2H3,(H,13,15). The van der Waals surface area contributed by atoms with Crippen molar-refractivity contribution in [1.82, 2.24) is 5.32 Å². The molecule has 1 atom stereocenters. The Hall–Kier alpha value is -1.64. The van der Waals surface area contributed by atoms with E-state index >= 15 is 0 Å². The van der Waals surface area contributed by atoms with Crippen LogP contribution in [-0.4, -0.2) is 11.7 Å². The minimum Gasteiger partial charge on any atom is -0.343 e. The lowest BCUT2D eigenvalue weighted by atomic mass is 10.1. The maximum absolute atomic E-state index is 11.3. The summed E-state index contributed by atoms with van der Waals surface area (Å²) >= 11 is 0. The first kappa shape index (κ1) is 11.4. The van der Waals surface area contributed by atoms with Crippen LogP contribution in [0, 0.1) is 0 Å². The summed E-state index contributed by atoms with van der Waals surface area (Å²) in [5.74, 6) is -0.883. The lowest BCUT2D eigenvalue weighted by Crippen LogP contribution is -2.32. The van der Waals surface area contributed by atoms with Gasteiger partial charge in [-0.25, -0.2) is 0 Å². The monoisotopic (exact) mass is 205 g/mol. The van der Waals surface area contributed by atoms with Crippen molar-refractivity contribution in [2.75, 3.05) is 0 Å². The van der Waals surface area contributed by atoms with Crippen molar-refractivity contribution in [1.29, 1.82) is 0 Å². The molecular weight excluding hydrogens is 190 g/mol. The summed E-state index contributed by atoms with van der Waals surface area (Å²) in [6.45, 7) is 3.53. The van der Waals surface area contributed by atoms with Crippen molar-refractivity contribution in [3.63, 3.8) is 0 Å². The number of hydrogen-bond donors (Lipinski definition) is 1. The zero-order chi connectivity index (χ0) is 11.3. The van der Waals surface area contributed by atoms with Gasteiger partial charge in [-0.3, -0.25) is 9.59 Å². The van der Waals surface area contributed by atoms with E-state index in [0.717, 1.165) is 5.56 Å². The van der Waals surface area contributed by atoms with Gasteiger partial charge in [0.15, 0.2) is 0 Å². The third-order valence-electron chi connectivity index (χ3n) is 2.22. The largest absolute Gasteiger partial charge is 0.343 e. The highest BCUT2D eigenvalue weighted by Crippen LogP contribution is 2.10. The van der Waals surface area contributed by atoms with Gasteiger partial charge in [0.1, 0.15) is 0 Å². The quantitative estimate of drug-likeness (QED) is 0.762. The number of amides is 1. The van der Waals surface area contributed by atoms with E-state index in [1.807, 2.05) is 37.3 Å². The molecule has 0 spiro atoms. The molecule has 0 heterocycles. The molecule has 80 valence electrons. The van der Waals surface area contributed by atoms with Crippen LogP contribution in [0.3, 0.4) is 0 Å². The Morgan fingerprint density at radius 3 is 2.40 bits per heavy atom. The number of rotatable bonds is 4. The molecule has 1 amide bonds. The maximum atomic E-state index is 11.3. The van der Waals surface area contributed by atoms with Crippen molar-refractivity contribution in [3.05, 3.63) is 35.9 Å². The molecule has 0 aliphatic heterocycles. The van der Waals surface area contributed by atoms with Crippen LogP contribution in [0.4, 0.5) is 0 Å². The van der Waals surface area contributed by atoms with E-state index < -0.39 is 5.91 Å². The van der Waals surface area contributed by atoms with Crippen molar-refractivity contribution >= 4 is 11.7 Å². The smallest absolute Gasteiger partial charge is 0.287 e. The summed E-state index contributed by atoms with van der Waals surface area (Å²) in [5.41, 5.74) is 0.995.